The van der Waals surface area contributed by atoms with Crippen LogP contribution in [0.25, 0.3) is 0 Å². The minimum absolute atomic E-state index is 0.000166. The van der Waals surface area contributed by atoms with Crippen molar-refractivity contribution in [3.05, 3.63) is 65.8 Å². The highest BCUT2D eigenvalue weighted by Crippen LogP contribution is 2.44. The average molecular weight is 569 g/mol. The molecule has 0 spiro atoms. The molecular formula is C28H37F5N6O. The maximum absolute atomic E-state index is 13.5. The highest BCUT2D eigenvalue weighted by Gasteiger charge is 2.57. The topological polar surface area (TPSA) is 96.5 Å². The maximum atomic E-state index is 13.5. The summed E-state index contributed by atoms with van der Waals surface area (Å²) in [6.45, 7) is 7.02. The summed E-state index contributed by atoms with van der Waals surface area (Å²) in [5.41, 5.74) is 5.30. The molecule has 220 valence electrons. The van der Waals surface area contributed by atoms with Crippen molar-refractivity contribution in [2.75, 3.05) is 18.9 Å². The number of amides is 1. The number of fused-ring (bicyclic) bond motifs is 1. The van der Waals surface area contributed by atoms with Crippen molar-refractivity contribution in [3.63, 3.8) is 0 Å². The van der Waals surface area contributed by atoms with E-state index in [9.17, 15) is 26.7 Å². The summed E-state index contributed by atoms with van der Waals surface area (Å²) in [5, 5.41) is 8.11. The second-order valence-electron chi connectivity index (χ2n) is 9.25. The zero-order valence-electron chi connectivity index (χ0n) is 23.4. The van der Waals surface area contributed by atoms with Crippen LogP contribution in [-0.2, 0) is 10.2 Å². The molecule has 1 aliphatic carbocycles. The number of hydrogen-bond donors (Lipinski definition) is 2. The molecule has 0 saturated carbocycles. The van der Waals surface area contributed by atoms with E-state index in [1.807, 2.05) is 45.9 Å². The van der Waals surface area contributed by atoms with Gasteiger partial charge in [0.25, 0.3) is 0 Å². The standard InChI is InChI=1S/C25H26F5N5O.C2H6.CH5N/c1-16-7-6-10-19(34-35(13-11-16)14-12-24(26,27)25(28,29)30)21-31-15-18-20(32-21)33-22(36)23(18,2)17-8-4-3-5-9-17;2*1-2/h3-4,6,8,10-11,13,15-16H,5,7,9,12,14H2,1-2H3,(H,31,32,33,36);1-2H3;2H2,1H3/b10-6+,13-11+,34-19+;;. The fourth-order valence-electron chi connectivity index (χ4n) is 4.22. The number of hydrogen-bond acceptors (Lipinski definition) is 6. The number of alkyl halides is 5. The molecule has 0 fully saturated rings. The van der Waals surface area contributed by atoms with Crippen LogP contribution in [0.3, 0.4) is 0 Å². The smallest absolute Gasteiger partial charge is 0.333 e. The second-order valence-corrected chi connectivity index (χ2v) is 9.25. The van der Waals surface area contributed by atoms with Crippen molar-refractivity contribution in [3.8, 4) is 0 Å². The lowest BCUT2D eigenvalue weighted by Gasteiger charge is -2.26. The Morgan fingerprint density at radius 3 is 2.50 bits per heavy atom. The first-order valence-electron chi connectivity index (χ1n) is 13.2. The summed E-state index contributed by atoms with van der Waals surface area (Å²) in [4.78, 5) is 21.8. The van der Waals surface area contributed by atoms with Gasteiger partial charge in [0, 0.05) is 30.9 Å². The van der Waals surface area contributed by atoms with Crippen LogP contribution in [0.5, 0.6) is 0 Å². The Bertz CT molecular complexity index is 1190. The van der Waals surface area contributed by atoms with Gasteiger partial charge in [-0.3, -0.25) is 9.80 Å². The van der Waals surface area contributed by atoms with E-state index in [1.54, 1.807) is 24.4 Å². The number of carbonyl (C=O) groups excluding carboxylic acids is 1. The molecule has 0 bridgehead atoms. The van der Waals surface area contributed by atoms with E-state index in [-0.39, 0.29) is 23.4 Å². The van der Waals surface area contributed by atoms with Gasteiger partial charge in [-0.25, -0.2) is 9.97 Å². The third kappa shape index (κ3) is 7.21. The molecule has 2 aliphatic heterocycles. The van der Waals surface area contributed by atoms with Gasteiger partial charge in [0.05, 0.1) is 5.41 Å². The molecule has 1 amide bonds. The van der Waals surface area contributed by atoms with Crippen molar-refractivity contribution >= 4 is 17.4 Å². The fraction of sp³-hybridized carbons (Fsp3) is 0.500. The lowest BCUT2D eigenvalue weighted by Crippen LogP contribution is -2.38. The number of nitrogens with two attached hydrogens (primary N) is 1. The number of allylic oxidation sites excluding steroid dienone is 6. The van der Waals surface area contributed by atoms with Gasteiger partial charge in [0.2, 0.25) is 5.91 Å². The fourth-order valence-corrected chi connectivity index (χ4v) is 4.22. The summed E-state index contributed by atoms with van der Waals surface area (Å²) in [6, 6.07) is 0. The van der Waals surface area contributed by atoms with Gasteiger partial charge in [-0.05, 0) is 45.2 Å². The van der Waals surface area contributed by atoms with Gasteiger partial charge >= 0.3 is 12.1 Å². The first-order chi connectivity index (χ1) is 18.9. The van der Waals surface area contributed by atoms with Crippen molar-refractivity contribution < 1.29 is 26.7 Å². The van der Waals surface area contributed by atoms with Crippen molar-refractivity contribution in [2.45, 2.75) is 70.9 Å². The molecule has 2 atom stereocenters. The van der Waals surface area contributed by atoms with Crippen LogP contribution < -0.4 is 11.1 Å². The molecule has 12 heteroatoms. The first kappa shape index (κ1) is 32.8. The number of carbonyl (C=O) groups is 1. The van der Waals surface area contributed by atoms with Gasteiger partial charge in [-0.2, -0.15) is 27.1 Å². The summed E-state index contributed by atoms with van der Waals surface area (Å²) < 4.78 is 65.1. The van der Waals surface area contributed by atoms with Crippen molar-refractivity contribution in [2.24, 2.45) is 16.8 Å². The van der Waals surface area contributed by atoms with E-state index >= 15 is 0 Å². The highest BCUT2D eigenvalue weighted by molar-refractivity contribution is 6.09. The van der Waals surface area contributed by atoms with Crippen LogP contribution in [0.4, 0.5) is 27.8 Å². The predicted octanol–water partition coefficient (Wildman–Crippen LogP) is 6.27. The number of rotatable bonds is 5. The number of aromatic nitrogens is 2. The second kappa shape index (κ2) is 13.8. The molecule has 7 nitrogen and oxygen atoms in total. The van der Waals surface area contributed by atoms with E-state index in [0.717, 1.165) is 23.4 Å². The Morgan fingerprint density at radius 2 is 1.88 bits per heavy atom. The van der Waals surface area contributed by atoms with Crippen LogP contribution in [0.2, 0.25) is 0 Å². The zero-order chi connectivity index (χ0) is 30.1. The summed E-state index contributed by atoms with van der Waals surface area (Å²) in [5.74, 6) is -4.65. The largest absolute Gasteiger partial charge is 0.453 e. The molecule has 0 aromatic carbocycles. The van der Waals surface area contributed by atoms with Crippen LogP contribution in [-0.4, -0.2) is 52.3 Å². The molecule has 0 radical (unpaired) electrons. The lowest BCUT2D eigenvalue weighted by atomic mass is 9.75. The molecule has 1 aromatic rings. The minimum Gasteiger partial charge on any atom is -0.333 e. The molecule has 2 unspecified atom stereocenters. The van der Waals surface area contributed by atoms with Crippen LogP contribution in [0.1, 0.15) is 64.8 Å². The van der Waals surface area contributed by atoms with E-state index in [1.165, 1.54) is 13.2 Å². The molecule has 3 aliphatic rings. The first-order valence-corrected chi connectivity index (χ1v) is 13.2. The Morgan fingerprint density at radius 1 is 1.18 bits per heavy atom. The Hall–Kier alpha value is -3.41. The molecule has 40 heavy (non-hydrogen) atoms. The third-order valence-electron chi connectivity index (χ3n) is 6.57. The number of halogens is 5. The van der Waals surface area contributed by atoms with E-state index < -0.39 is 30.5 Å². The van der Waals surface area contributed by atoms with E-state index in [2.05, 4.69) is 26.1 Å². The van der Waals surface area contributed by atoms with E-state index in [4.69, 9.17) is 0 Å². The van der Waals surface area contributed by atoms with Gasteiger partial charge < -0.3 is 11.1 Å². The normalized spacial score (nSPS) is 25.2. The monoisotopic (exact) mass is 568 g/mol. The predicted molar refractivity (Wildman–Crippen MR) is 147 cm³/mol. The number of nitrogens with zero attached hydrogens (tertiary/aromatic N) is 4. The summed E-state index contributed by atoms with van der Waals surface area (Å²) in [6.07, 6.45) is 8.89. The van der Waals surface area contributed by atoms with Crippen LogP contribution in [0, 0.1) is 5.92 Å². The molecule has 3 heterocycles. The number of nitrogens with one attached hydrogen (secondary N) is 1. The molecule has 4 rings (SSSR count). The van der Waals surface area contributed by atoms with Crippen molar-refractivity contribution in [1.29, 1.82) is 0 Å². The Labute approximate surface area is 231 Å². The molecular weight excluding hydrogens is 531 g/mol. The molecule has 3 N–H and O–H groups in total. The molecule has 1 aromatic heterocycles. The quantitative estimate of drug-likeness (QED) is 0.409. The van der Waals surface area contributed by atoms with Gasteiger partial charge in [-0.15, -0.1) is 0 Å². The third-order valence-corrected chi connectivity index (χ3v) is 6.57. The average Bonchev–Trinajstić information content (AvgIpc) is 3.25. The molecule has 0 saturated heterocycles. The van der Waals surface area contributed by atoms with Crippen LogP contribution in [0.15, 0.2) is 59.5 Å². The van der Waals surface area contributed by atoms with Gasteiger partial charge in [0.1, 0.15) is 11.5 Å². The number of anilines is 1. The highest BCUT2D eigenvalue weighted by atomic mass is 19.4. The lowest BCUT2D eigenvalue weighted by molar-refractivity contribution is -0.284. The SMILES string of the molecule is CC.CC1/C=C/N(CCC(F)(F)C(F)(F)F)/N=C(c2ncc3c(n2)NC(=O)C3(C)C2=CC=CCC2)\C=C\C1.CN. The Kier molecular flexibility index (Phi) is 11.3. The number of hydrazone groups is 1. The van der Waals surface area contributed by atoms with Gasteiger partial charge in [0.15, 0.2) is 5.82 Å². The van der Waals surface area contributed by atoms with Crippen molar-refractivity contribution in [1.82, 2.24) is 15.0 Å². The zero-order valence-corrected chi connectivity index (χ0v) is 23.4. The van der Waals surface area contributed by atoms with Gasteiger partial charge in [-0.1, -0.05) is 56.7 Å². The summed E-state index contributed by atoms with van der Waals surface area (Å²) >= 11 is 0. The van der Waals surface area contributed by atoms with E-state index in [0.29, 0.717) is 17.8 Å². The Balaban J connectivity index is 0.00000134. The maximum Gasteiger partial charge on any atom is 0.453 e. The summed E-state index contributed by atoms with van der Waals surface area (Å²) in [7, 11) is 1.50. The van der Waals surface area contributed by atoms with Crippen LogP contribution >= 0.6 is 0 Å². The minimum atomic E-state index is -5.65.